The van der Waals surface area contributed by atoms with E-state index in [0.717, 1.165) is 23.3 Å². The van der Waals surface area contributed by atoms with Crippen molar-refractivity contribution in [2.24, 2.45) is 0 Å². The summed E-state index contributed by atoms with van der Waals surface area (Å²) < 4.78 is 40.9. The molecular formula is C28H23F3N2O. The number of rotatable bonds is 8. The number of benzene rings is 3. The molecule has 0 saturated heterocycles. The second-order valence-electron chi connectivity index (χ2n) is 7.84. The van der Waals surface area contributed by atoms with Gasteiger partial charge in [-0.05, 0) is 53.1 Å². The predicted octanol–water partition coefficient (Wildman–Crippen LogP) is 6.81. The molecule has 0 aliphatic heterocycles. The first kappa shape index (κ1) is 23.3. The molecule has 6 heteroatoms. The Balaban J connectivity index is 1.85. The monoisotopic (exact) mass is 460 g/mol. The number of hydrogen-bond donors (Lipinski definition) is 1. The summed E-state index contributed by atoms with van der Waals surface area (Å²) in [4.78, 5) is 10.5. The van der Waals surface area contributed by atoms with Crippen LogP contribution in [0.5, 0.6) is 5.75 Å². The minimum atomic E-state index is -4.49. The van der Waals surface area contributed by atoms with Crippen LogP contribution in [-0.2, 0) is 18.1 Å². The number of halogens is 3. The minimum Gasteiger partial charge on any atom is -0.407 e. The van der Waals surface area contributed by atoms with Crippen LogP contribution in [-0.4, -0.2) is 4.98 Å². The van der Waals surface area contributed by atoms with E-state index in [4.69, 9.17) is 4.84 Å². The molecule has 172 valence electrons. The summed E-state index contributed by atoms with van der Waals surface area (Å²) >= 11 is 0. The van der Waals surface area contributed by atoms with Gasteiger partial charge in [0.1, 0.15) is 11.3 Å². The maximum Gasteiger partial charge on any atom is 0.416 e. The van der Waals surface area contributed by atoms with E-state index in [2.05, 4.69) is 17.0 Å². The zero-order chi connectivity index (χ0) is 24.0. The highest BCUT2D eigenvalue weighted by Gasteiger charge is 2.39. The Morgan fingerprint density at radius 1 is 0.824 bits per heavy atom. The molecule has 0 radical (unpaired) electrons. The van der Waals surface area contributed by atoms with E-state index in [-0.39, 0.29) is 0 Å². The van der Waals surface area contributed by atoms with E-state index < -0.39 is 17.3 Å². The van der Waals surface area contributed by atoms with E-state index in [9.17, 15) is 13.2 Å². The van der Waals surface area contributed by atoms with Crippen molar-refractivity contribution >= 4 is 6.08 Å². The van der Waals surface area contributed by atoms with E-state index >= 15 is 0 Å². The predicted molar refractivity (Wildman–Crippen MR) is 127 cm³/mol. The van der Waals surface area contributed by atoms with E-state index in [1.54, 1.807) is 48.7 Å². The molecule has 34 heavy (non-hydrogen) atoms. The molecule has 1 heterocycles. The van der Waals surface area contributed by atoms with Crippen LogP contribution in [0.2, 0.25) is 0 Å². The molecule has 0 aliphatic carbocycles. The zero-order valence-electron chi connectivity index (χ0n) is 18.3. The highest BCUT2D eigenvalue weighted by Crippen LogP contribution is 2.37. The standard InChI is InChI=1S/C28H23F3N2O/c1-2-21-14-16-25(17-15-21)34-33-27(26-13-6-7-18-32-26,20-22-9-4-3-5-10-22)23-11-8-12-24(19-23)28(29,30)31/h2-19,33H,1,20H2. The third-order valence-electron chi connectivity index (χ3n) is 5.56. The molecule has 1 unspecified atom stereocenters. The fourth-order valence-electron chi connectivity index (χ4n) is 3.78. The van der Waals surface area contributed by atoms with E-state index in [0.29, 0.717) is 23.4 Å². The normalized spacial score (nSPS) is 13.1. The Hall–Kier alpha value is -3.90. The van der Waals surface area contributed by atoms with Crippen LogP contribution in [0.15, 0.2) is 110 Å². The summed E-state index contributed by atoms with van der Waals surface area (Å²) in [6.45, 7) is 3.74. The van der Waals surface area contributed by atoms with Gasteiger partial charge in [0, 0.05) is 12.6 Å². The fourth-order valence-corrected chi connectivity index (χ4v) is 3.78. The van der Waals surface area contributed by atoms with Crippen molar-refractivity contribution in [2.75, 3.05) is 0 Å². The Morgan fingerprint density at radius 3 is 2.18 bits per heavy atom. The smallest absolute Gasteiger partial charge is 0.407 e. The molecule has 4 rings (SSSR count). The summed E-state index contributed by atoms with van der Waals surface area (Å²) in [5, 5.41) is 0. The van der Waals surface area contributed by atoms with Crippen molar-refractivity contribution < 1.29 is 18.0 Å². The van der Waals surface area contributed by atoms with Crippen LogP contribution >= 0.6 is 0 Å². The van der Waals surface area contributed by atoms with Gasteiger partial charge in [0.25, 0.3) is 0 Å². The van der Waals surface area contributed by atoms with Crippen LogP contribution in [0.4, 0.5) is 13.2 Å². The van der Waals surface area contributed by atoms with Crippen molar-refractivity contribution in [3.05, 3.63) is 138 Å². The van der Waals surface area contributed by atoms with Crippen molar-refractivity contribution in [2.45, 2.75) is 18.1 Å². The number of hydrogen-bond acceptors (Lipinski definition) is 3. The van der Waals surface area contributed by atoms with Gasteiger partial charge < -0.3 is 4.84 Å². The van der Waals surface area contributed by atoms with Crippen molar-refractivity contribution in [3.8, 4) is 5.75 Å². The Kier molecular flexibility index (Phi) is 6.80. The molecule has 1 aromatic heterocycles. The van der Waals surface area contributed by atoms with Gasteiger partial charge in [-0.15, -0.1) is 5.48 Å². The largest absolute Gasteiger partial charge is 0.416 e. The Labute approximate surface area is 196 Å². The van der Waals surface area contributed by atoms with Gasteiger partial charge in [-0.25, -0.2) is 0 Å². The molecule has 1 N–H and O–H groups in total. The van der Waals surface area contributed by atoms with Crippen LogP contribution in [0, 0.1) is 0 Å². The maximum absolute atomic E-state index is 13.6. The number of nitrogens with zero attached hydrogens (tertiary/aromatic N) is 1. The van der Waals surface area contributed by atoms with Gasteiger partial charge in [-0.2, -0.15) is 13.2 Å². The molecule has 0 bridgehead atoms. The van der Waals surface area contributed by atoms with Crippen LogP contribution in [0.25, 0.3) is 6.08 Å². The molecule has 0 aliphatic rings. The lowest BCUT2D eigenvalue weighted by Crippen LogP contribution is -2.48. The minimum absolute atomic E-state index is 0.302. The number of aromatic nitrogens is 1. The maximum atomic E-state index is 13.6. The van der Waals surface area contributed by atoms with Gasteiger partial charge >= 0.3 is 6.18 Å². The third-order valence-corrected chi connectivity index (χ3v) is 5.56. The summed E-state index contributed by atoms with van der Waals surface area (Å²) in [5.41, 5.74) is 3.88. The molecule has 0 saturated carbocycles. The highest BCUT2D eigenvalue weighted by atomic mass is 19.4. The summed E-state index contributed by atoms with van der Waals surface area (Å²) in [6.07, 6.45) is -0.854. The second-order valence-corrected chi connectivity index (χ2v) is 7.84. The third kappa shape index (κ3) is 5.18. The SMILES string of the molecule is C=Cc1ccc(ONC(Cc2ccccc2)(c2cccc(C(F)(F)F)c2)c2ccccn2)cc1. The van der Waals surface area contributed by atoms with Crippen molar-refractivity contribution in [3.63, 3.8) is 0 Å². The summed E-state index contributed by atoms with van der Waals surface area (Å²) in [6, 6.07) is 27.3. The lowest BCUT2D eigenvalue weighted by atomic mass is 9.80. The lowest BCUT2D eigenvalue weighted by Gasteiger charge is -2.35. The average molecular weight is 460 g/mol. The molecule has 0 spiro atoms. The zero-order valence-corrected chi connectivity index (χ0v) is 18.3. The topological polar surface area (TPSA) is 34.1 Å². The fraction of sp³-hybridized carbons (Fsp3) is 0.107. The van der Waals surface area contributed by atoms with Crippen LogP contribution in [0.3, 0.4) is 0 Å². The van der Waals surface area contributed by atoms with Crippen LogP contribution < -0.4 is 10.3 Å². The molecule has 0 amide bonds. The average Bonchev–Trinajstić information content (AvgIpc) is 2.87. The second kappa shape index (κ2) is 9.93. The van der Waals surface area contributed by atoms with Gasteiger partial charge in [-0.1, -0.05) is 73.3 Å². The van der Waals surface area contributed by atoms with E-state index in [1.165, 1.54) is 6.07 Å². The first-order valence-electron chi connectivity index (χ1n) is 10.7. The Morgan fingerprint density at radius 2 is 1.53 bits per heavy atom. The van der Waals surface area contributed by atoms with Gasteiger partial charge in [0.2, 0.25) is 0 Å². The molecule has 0 fully saturated rings. The number of nitrogens with one attached hydrogen (secondary N) is 1. The molecule has 3 nitrogen and oxygen atoms in total. The number of hydroxylamine groups is 1. The van der Waals surface area contributed by atoms with Crippen molar-refractivity contribution in [1.29, 1.82) is 0 Å². The number of alkyl halides is 3. The van der Waals surface area contributed by atoms with E-state index in [1.807, 2.05) is 42.5 Å². The van der Waals surface area contributed by atoms with Gasteiger partial charge in [-0.3, -0.25) is 4.98 Å². The quantitative estimate of drug-likeness (QED) is 0.293. The first-order chi connectivity index (χ1) is 16.4. The lowest BCUT2D eigenvalue weighted by molar-refractivity contribution is -0.137. The molecule has 3 aromatic carbocycles. The first-order valence-corrected chi connectivity index (χ1v) is 10.7. The van der Waals surface area contributed by atoms with Gasteiger partial charge in [0.05, 0.1) is 11.3 Å². The molecular weight excluding hydrogens is 437 g/mol. The molecule has 1 atom stereocenters. The number of pyridine rings is 1. The summed E-state index contributed by atoms with van der Waals surface area (Å²) in [7, 11) is 0. The Bertz CT molecular complexity index is 1230. The van der Waals surface area contributed by atoms with Gasteiger partial charge in [0.15, 0.2) is 0 Å². The van der Waals surface area contributed by atoms with Crippen LogP contribution in [0.1, 0.15) is 27.9 Å². The van der Waals surface area contributed by atoms with Crippen molar-refractivity contribution in [1.82, 2.24) is 10.5 Å². The highest BCUT2D eigenvalue weighted by molar-refractivity contribution is 5.48. The summed E-state index contributed by atoms with van der Waals surface area (Å²) in [5.74, 6) is 0.506. The molecule has 4 aromatic rings.